The first kappa shape index (κ1) is 18.0. The number of benzene rings is 2. The SMILES string of the molecule is CCc1cc(CC)c(C(=O)P(=O)(Cl)c2ccccc2)c(CC)c1. The molecule has 0 aliphatic rings. The molecular formula is C19H22ClO2P. The van der Waals surface area contributed by atoms with E-state index < -0.39 is 12.0 Å². The van der Waals surface area contributed by atoms with Crippen LogP contribution in [0.15, 0.2) is 42.5 Å². The van der Waals surface area contributed by atoms with Gasteiger partial charge in [0.1, 0.15) is 0 Å². The number of rotatable bonds is 6. The average molecular weight is 349 g/mol. The van der Waals surface area contributed by atoms with E-state index in [1.807, 2.05) is 32.0 Å². The summed E-state index contributed by atoms with van der Waals surface area (Å²) in [5, 5.41) is 0.398. The summed E-state index contributed by atoms with van der Waals surface area (Å²) in [6.45, 7) is 2.47. The van der Waals surface area contributed by atoms with Crippen molar-refractivity contribution >= 4 is 28.6 Å². The molecule has 23 heavy (non-hydrogen) atoms. The van der Waals surface area contributed by atoms with Crippen molar-refractivity contribution in [2.75, 3.05) is 0 Å². The summed E-state index contributed by atoms with van der Waals surface area (Å²) in [7, 11) is 0. The van der Waals surface area contributed by atoms with Gasteiger partial charge in [-0.3, -0.25) is 9.36 Å². The van der Waals surface area contributed by atoms with Gasteiger partial charge >= 0.3 is 0 Å². The van der Waals surface area contributed by atoms with Crippen LogP contribution in [0.5, 0.6) is 0 Å². The van der Waals surface area contributed by atoms with E-state index in [0.29, 0.717) is 23.7 Å². The van der Waals surface area contributed by atoms with E-state index in [4.69, 9.17) is 11.2 Å². The van der Waals surface area contributed by atoms with Crippen LogP contribution in [0.4, 0.5) is 0 Å². The molecule has 2 rings (SSSR count). The molecule has 0 N–H and O–H groups in total. The minimum Gasteiger partial charge on any atom is -0.293 e. The quantitative estimate of drug-likeness (QED) is 0.659. The Morgan fingerprint density at radius 3 is 1.91 bits per heavy atom. The van der Waals surface area contributed by atoms with Gasteiger partial charge in [0.15, 0.2) is 0 Å². The monoisotopic (exact) mass is 348 g/mol. The maximum absolute atomic E-state index is 13.0. The number of carbonyl (C=O) groups is 1. The zero-order valence-corrected chi connectivity index (χ0v) is 15.5. The highest BCUT2D eigenvalue weighted by Crippen LogP contribution is 2.53. The summed E-state index contributed by atoms with van der Waals surface area (Å²) in [6.07, 6.45) is 2.34. The number of hydrogen-bond acceptors (Lipinski definition) is 2. The number of halogens is 1. The van der Waals surface area contributed by atoms with Gasteiger partial charge in [0.25, 0.3) is 6.49 Å². The van der Waals surface area contributed by atoms with Crippen LogP contribution in [-0.2, 0) is 23.8 Å². The van der Waals surface area contributed by atoms with Crippen molar-refractivity contribution in [2.45, 2.75) is 40.0 Å². The summed E-state index contributed by atoms with van der Waals surface area (Å²) in [5.41, 5.74) is 3.17. The Labute approximate surface area is 143 Å². The van der Waals surface area contributed by atoms with E-state index in [0.717, 1.165) is 17.5 Å². The third-order valence-electron chi connectivity index (χ3n) is 4.09. The molecule has 0 aliphatic carbocycles. The van der Waals surface area contributed by atoms with Gasteiger partial charge in [-0.15, -0.1) is 0 Å². The fourth-order valence-electron chi connectivity index (χ4n) is 2.76. The van der Waals surface area contributed by atoms with Crippen LogP contribution >= 0.6 is 17.7 Å². The summed E-state index contributed by atoms with van der Waals surface area (Å²) in [5.74, 6) is 0. The Kier molecular flexibility index (Phi) is 5.84. The molecule has 0 aliphatic heterocycles. The fourth-order valence-corrected chi connectivity index (χ4v) is 4.71. The maximum atomic E-state index is 13.0. The summed E-state index contributed by atoms with van der Waals surface area (Å²) in [6, 6.07) is 12.7. The van der Waals surface area contributed by atoms with Crippen molar-refractivity contribution in [1.82, 2.24) is 0 Å². The summed E-state index contributed by atoms with van der Waals surface area (Å²) >= 11 is 6.28. The van der Waals surface area contributed by atoms with Gasteiger partial charge in [-0.25, -0.2) is 0 Å². The van der Waals surface area contributed by atoms with E-state index in [9.17, 15) is 9.36 Å². The van der Waals surface area contributed by atoms with Gasteiger partial charge in [-0.05, 0) is 59.3 Å². The topological polar surface area (TPSA) is 34.1 Å². The van der Waals surface area contributed by atoms with E-state index in [2.05, 4.69) is 6.92 Å². The second kappa shape index (κ2) is 7.47. The second-order valence-corrected chi connectivity index (χ2v) is 8.94. The zero-order valence-electron chi connectivity index (χ0n) is 13.8. The maximum Gasteiger partial charge on any atom is 0.264 e. The first-order chi connectivity index (χ1) is 11.0. The molecule has 0 spiro atoms. The largest absolute Gasteiger partial charge is 0.293 e. The van der Waals surface area contributed by atoms with Crippen LogP contribution in [0.25, 0.3) is 0 Å². The lowest BCUT2D eigenvalue weighted by Crippen LogP contribution is -2.13. The molecule has 0 radical (unpaired) electrons. The van der Waals surface area contributed by atoms with Crippen molar-refractivity contribution in [1.29, 1.82) is 0 Å². The van der Waals surface area contributed by atoms with Crippen molar-refractivity contribution in [3.63, 3.8) is 0 Å². The molecule has 122 valence electrons. The standard InChI is InChI=1S/C19H22ClO2P/c1-4-14-12-15(5-2)18(16(6-3)13-14)19(21)23(20,22)17-10-8-7-9-11-17/h7-13H,4-6H2,1-3H3. The van der Waals surface area contributed by atoms with Gasteiger partial charge in [0.05, 0.1) is 0 Å². The predicted octanol–water partition coefficient (Wildman–Crippen LogP) is 5.36. The van der Waals surface area contributed by atoms with Crippen molar-refractivity contribution in [2.24, 2.45) is 0 Å². The van der Waals surface area contributed by atoms with Crippen LogP contribution in [0.2, 0.25) is 0 Å². The van der Waals surface area contributed by atoms with Crippen LogP contribution in [0.3, 0.4) is 0 Å². The molecule has 0 aromatic heterocycles. The number of hydrogen-bond donors (Lipinski definition) is 0. The van der Waals surface area contributed by atoms with Gasteiger partial charge in [-0.2, -0.15) is 0 Å². The Hall–Kier alpha value is -1.37. The van der Waals surface area contributed by atoms with Gasteiger partial charge in [-0.1, -0.05) is 51.1 Å². The zero-order chi connectivity index (χ0) is 17.0. The molecule has 0 saturated carbocycles. The van der Waals surface area contributed by atoms with E-state index in [1.54, 1.807) is 24.3 Å². The highest BCUT2D eigenvalue weighted by atomic mass is 35.7. The molecule has 2 aromatic rings. The third-order valence-corrected chi connectivity index (χ3v) is 6.85. The van der Waals surface area contributed by atoms with Crippen molar-refractivity contribution in [3.8, 4) is 0 Å². The normalized spacial score (nSPS) is 13.6. The molecule has 0 saturated heterocycles. The molecule has 2 aromatic carbocycles. The van der Waals surface area contributed by atoms with E-state index in [-0.39, 0.29) is 0 Å². The lowest BCUT2D eigenvalue weighted by atomic mass is 9.94. The van der Waals surface area contributed by atoms with Crippen molar-refractivity contribution < 1.29 is 9.36 Å². The summed E-state index contributed by atoms with van der Waals surface area (Å²) in [4.78, 5) is 13.0. The highest BCUT2D eigenvalue weighted by molar-refractivity contribution is 8.07. The first-order valence-electron chi connectivity index (χ1n) is 8.00. The average Bonchev–Trinajstić information content (AvgIpc) is 2.60. The van der Waals surface area contributed by atoms with Gasteiger partial charge < -0.3 is 0 Å². The molecule has 2 nitrogen and oxygen atoms in total. The molecular weight excluding hydrogens is 327 g/mol. The lowest BCUT2D eigenvalue weighted by molar-refractivity contribution is 0.107. The van der Waals surface area contributed by atoms with E-state index in [1.165, 1.54) is 5.56 Å². The molecule has 0 fully saturated rings. The fraction of sp³-hybridized carbons (Fsp3) is 0.316. The van der Waals surface area contributed by atoms with E-state index >= 15 is 0 Å². The van der Waals surface area contributed by atoms with Crippen LogP contribution in [0, 0.1) is 0 Å². The Morgan fingerprint density at radius 2 is 1.48 bits per heavy atom. The van der Waals surface area contributed by atoms with Crippen LogP contribution < -0.4 is 5.30 Å². The Balaban J connectivity index is 2.61. The first-order valence-corrected chi connectivity index (χ1v) is 10.6. The van der Waals surface area contributed by atoms with Crippen LogP contribution in [0.1, 0.15) is 47.8 Å². The predicted molar refractivity (Wildman–Crippen MR) is 98.4 cm³/mol. The lowest BCUT2D eigenvalue weighted by Gasteiger charge is -2.17. The number of aryl methyl sites for hydroxylation is 3. The molecule has 4 heteroatoms. The molecule has 1 unspecified atom stereocenters. The Bertz CT molecular complexity index is 728. The molecule has 1 atom stereocenters. The molecule has 0 amide bonds. The van der Waals surface area contributed by atoms with Crippen LogP contribution in [-0.4, -0.2) is 5.52 Å². The minimum atomic E-state index is -3.63. The molecule has 0 bridgehead atoms. The summed E-state index contributed by atoms with van der Waals surface area (Å²) < 4.78 is 13.0. The second-order valence-electron chi connectivity index (χ2n) is 5.52. The Morgan fingerprint density at radius 1 is 0.957 bits per heavy atom. The van der Waals surface area contributed by atoms with Gasteiger partial charge in [0, 0.05) is 10.9 Å². The van der Waals surface area contributed by atoms with Gasteiger partial charge in [0.2, 0.25) is 5.52 Å². The third kappa shape index (κ3) is 3.59. The highest BCUT2D eigenvalue weighted by Gasteiger charge is 2.34. The number of carbonyl (C=O) groups excluding carboxylic acids is 1. The minimum absolute atomic E-state index is 0.398. The van der Waals surface area contributed by atoms with Crippen molar-refractivity contribution in [3.05, 3.63) is 64.7 Å². The smallest absolute Gasteiger partial charge is 0.264 e. The molecule has 0 heterocycles.